The first-order chi connectivity index (χ1) is 7.89. The van der Waals surface area contributed by atoms with Gasteiger partial charge in [-0.25, -0.2) is 8.42 Å². The van der Waals surface area contributed by atoms with Gasteiger partial charge in [0.2, 0.25) is 4.21 Å². The van der Waals surface area contributed by atoms with Gasteiger partial charge in [-0.2, -0.15) is 0 Å². The number of Topliss-reactive ketones (excluding diaryl/α,β-unsaturated/α-hetero) is 1. The van der Waals surface area contributed by atoms with E-state index in [2.05, 4.69) is 0 Å². The van der Waals surface area contributed by atoms with Crippen LogP contribution in [0, 0.1) is 0 Å². The van der Waals surface area contributed by atoms with Crippen LogP contribution in [-0.2, 0) is 9.84 Å². The van der Waals surface area contributed by atoms with E-state index < -0.39 is 19.8 Å². The molecule has 0 aliphatic heterocycles. The molecule has 0 aromatic heterocycles. The smallest absolute Gasteiger partial charge is 0.207 e. The maximum Gasteiger partial charge on any atom is 0.207 e. The minimum absolute atomic E-state index is 0.0540. The van der Waals surface area contributed by atoms with Crippen LogP contribution in [0.15, 0.2) is 30.3 Å². The van der Waals surface area contributed by atoms with Crippen LogP contribution >= 0.6 is 11.6 Å². The summed E-state index contributed by atoms with van der Waals surface area (Å²) in [5.41, 5.74) is 0.321. The lowest BCUT2D eigenvalue weighted by molar-refractivity contribution is 0.0970. The molecule has 0 aliphatic rings. The van der Waals surface area contributed by atoms with Crippen LogP contribution < -0.4 is 0 Å². The van der Waals surface area contributed by atoms with E-state index in [-0.39, 0.29) is 12.2 Å². The van der Waals surface area contributed by atoms with E-state index in [1.54, 1.807) is 37.3 Å². The van der Waals surface area contributed by atoms with Crippen molar-refractivity contribution in [3.05, 3.63) is 35.9 Å². The van der Waals surface area contributed by atoms with E-state index >= 15 is 0 Å². The van der Waals surface area contributed by atoms with Crippen molar-refractivity contribution < 1.29 is 13.2 Å². The molecule has 17 heavy (non-hydrogen) atoms. The number of halogens is 1. The summed E-state index contributed by atoms with van der Waals surface area (Å²) in [6.45, 7) is 3.08. The normalized spacial score (nSPS) is 15.2. The molecular weight excluding hydrogens is 260 g/mol. The van der Waals surface area contributed by atoms with Gasteiger partial charge >= 0.3 is 0 Å². The summed E-state index contributed by atoms with van der Waals surface area (Å²) in [5.74, 6) is -0.702. The molecule has 0 heterocycles. The number of hydrogen-bond donors (Lipinski definition) is 0. The predicted octanol–water partition coefficient (Wildman–Crippen LogP) is 2.65. The highest BCUT2D eigenvalue weighted by Gasteiger charge is 2.46. The van der Waals surface area contributed by atoms with Crippen molar-refractivity contribution in [1.29, 1.82) is 0 Å². The molecule has 0 spiro atoms. The summed E-state index contributed by atoms with van der Waals surface area (Å²) in [5, 5.41) is 0. The molecule has 0 bridgehead atoms. The van der Waals surface area contributed by atoms with Crippen molar-refractivity contribution in [2.24, 2.45) is 0 Å². The molecule has 1 rings (SSSR count). The zero-order valence-corrected chi connectivity index (χ0v) is 11.4. The first kappa shape index (κ1) is 14.2. The largest absolute Gasteiger partial charge is 0.291 e. The van der Waals surface area contributed by atoms with Gasteiger partial charge in [-0.15, -0.1) is 0 Å². The van der Waals surface area contributed by atoms with E-state index in [1.165, 1.54) is 6.92 Å². The molecule has 0 aliphatic carbocycles. The number of benzene rings is 1. The number of sulfone groups is 1. The molecule has 1 atom stereocenters. The Bertz CT molecular complexity index is 496. The molecule has 1 aromatic rings. The number of ketones is 1. The van der Waals surface area contributed by atoms with Gasteiger partial charge in [-0.1, -0.05) is 55.8 Å². The maximum atomic E-state index is 12.2. The maximum absolute atomic E-state index is 12.2. The average Bonchev–Trinajstić information content (AvgIpc) is 2.37. The lowest BCUT2D eigenvalue weighted by Gasteiger charge is -2.23. The van der Waals surface area contributed by atoms with E-state index in [1.807, 2.05) is 0 Å². The van der Waals surface area contributed by atoms with Gasteiger partial charge in [-0.3, -0.25) is 4.79 Å². The molecule has 0 N–H and O–H groups in total. The zero-order chi connectivity index (χ0) is 13.1. The SMILES string of the molecule is CC[C@@](Cl)(C(=O)c1ccccc1)S(=O)(=O)CC. The second-order valence-electron chi connectivity index (χ2n) is 3.68. The monoisotopic (exact) mass is 274 g/mol. The fourth-order valence-corrected chi connectivity index (χ4v) is 3.29. The van der Waals surface area contributed by atoms with Gasteiger partial charge in [0.05, 0.1) is 0 Å². The number of rotatable bonds is 5. The van der Waals surface area contributed by atoms with Gasteiger partial charge < -0.3 is 0 Å². The molecule has 1 aromatic carbocycles. The van der Waals surface area contributed by atoms with Crippen molar-refractivity contribution in [2.45, 2.75) is 24.5 Å². The Morgan fingerprint density at radius 2 is 1.76 bits per heavy atom. The van der Waals surface area contributed by atoms with Crippen LogP contribution in [0.1, 0.15) is 30.6 Å². The van der Waals surface area contributed by atoms with Gasteiger partial charge in [0.25, 0.3) is 0 Å². The van der Waals surface area contributed by atoms with Crippen LogP contribution in [0.5, 0.6) is 0 Å². The second-order valence-corrected chi connectivity index (χ2v) is 7.05. The standard InChI is InChI=1S/C12H15ClO3S/c1-3-12(13,17(15,16)4-2)11(14)10-8-6-5-7-9-10/h5-9H,3-4H2,1-2H3/t12-/m0/s1. The van der Waals surface area contributed by atoms with Crippen molar-refractivity contribution in [3.8, 4) is 0 Å². The first-order valence-corrected chi connectivity index (χ1v) is 7.43. The highest BCUT2D eigenvalue weighted by atomic mass is 35.5. The molecule has 0 fully saturated rings. The van der Waals surface area contributed by atoms with Gasteiger partial charge in [0, 0.05) is 11.3 Å². The van der Waals surface area contributed by atoms with E-state index in [9.17, 15) is 13.2 Å². The third kappa shape index (κ3) is 2.53. The molecule has 5 heteroatoms. The number of alkyl halides is 1. The molecule has 94 valence electrons. The Labute approximate surface area is 107 Å². The third-order valence-electron chi connectivity index (χ3n) is 2.70. The number of carbonyl (C=O) groups is 1. The molecule has 0 unspecified atom stereocenters. The molecule has 3 nitrogen and oxygen atoms in total. The fraction of sp³-hybridized carbons (Fsp3) is 0.417. The summed E-state index contributed by atoms with van der Waals surface area (Å²) >= 11 is 6.06. The van der Waals surface area contributed by atoms with Crippen molar-refractivity contribution in [3.63, 3.8) is 0 Å². The van der Waals surface area contributed by atoms with Crippen LogP contribution in [0.2, 0.25) is 0 Å². The Morgan fingerprint density at radius 3 is 2.18 bits per heavy atom. The molecular formula is C12H15ClO3S. The summed E-state index contributed by atoms with van der Waals surface area (Å²) in [7, 11) is -3.64. The Morgan fingerprint density at radius 1 is 1.24 bits per heavy atom. The van der Waals surface area contributed by atoms with Crippen LogP contribution in [0.3, 0.4) is 0 Å². The number of hydrogen-bond acceptors (Lipinski definition) is 3. The molecule has 0 saturated carbocycles. The van der Waals surface area contributed by atoms with Crippen LogP contribution in [0.4, 0.5) is 0 Å². The second kappa shape index (κ2) is 5.19. The Hall–Kier alpha value is -0.870. The van der Waals surface area contributed by atoms with Crippen molar-refractivity contribution in [1.82, 2.24) is 0 Å². The predicted molar refractivity (Wildman–Crippen MR) is 69.1 cm³/mol. The van der Waals surface area contributed by atoms with Gasteiger partial charge in [0.15, 0.2) is 15.6 Å². The van der Waals surface area contributed by atoms with E-state index in [0.29, 0.717) is 5.56 Å². The molecule has 0 saturated heterocycles. The zero-order valence-electron chi connectivity index (χ0n) is 9.81. The summed E-state index contributed by atoms with van der Waals surface area (Å²) in [6.07, 6.45) is 0.0540. The summed E-state index contributed by atoms with van der Waals surface area (Å²) in [6, 6.07) is 8.26. The lowest BCUT2D eigenvalue weighted by Crippen LogP contribution is -2.41. The van der Waals surface area contributed by atoms with Crippen molar-refractivity contribution >= 4 is 27.2 Å². The summed E-state index contributed by atoms with van der Waals surface area (Å²) < 4.78 is 22.0. The average molecular weight is 275 g/mol. The van der Waals surface area contributed by atoms with Crippen LogP contribution in [0.25, 0.3) is 0 Å². The lowest BCUT2D eigenvalue weighted by atomic mass is 10.1. The fourth-order valence-electron chi connectivity index (χ4n) is 1.56. The van der Waals surface area contributed by atoms with Gasteiger partial charge in [-0.05, 0) is 6.42 Å². The van der Waals surface area contributed by atoms with E-state index in [4.69, 9.17) is 11.6 Å². The quantitative estimate of drug-likeness (QED) is 0.613. The summed E-state index contributed by atoms with van der Waals surface area (Å²) in [4.78, 5) is 12.2. The topological polar surface area (TPSA) is 51.2 Å². The third-order valence-corrected chi connectivity index (χ3v) is 6.07. The number of carbonyl (C=O) groups excluding carboxylic acids is 1. The highest BCUT2D eigenvalue weighted by molar-refractivity contribution is 7.95. The minimum Gasteiger partial charge on any atom is -0.291 e. The van der Waals surface area contributed by atoms with Gasteiger partial charge in [0.1, 0.15) is 0 Å². The minimum atomic E-state index is -3.64. The molecule has 0 radical (unpaired) electrons. The molecule has 0 amide bonds. The van der Waals surface area contributed by atoms with Crippen LogP contribution in [-0.4, -0.2) is 24.2 Å². The Balaban J connectivity index is 3.26. The van der Waals surface area contributed by atoms with E-state index in [0.717, 1.165) is 0 Å². The van der Waals surface area contributed by atoms with Crippen molar-refractivity contribution in [2.75, 3.05) is 5.75 Å². The first-order valence-electron chi connectivity index (χ1n) is 5.40. The Kier molecular flexibility index (Phi) is 4.33. The highest BCUT2D eigenvalue weighted by Crippen LogP contribution is 2.31.